The summed E-state index contributed by atoms with van der Waals surface area (Å²) in [5.41, 5.74) is -0.0183. The highest BCUT2D eigenvalue weighted by molar-refractivity contribution is 6.19. The van der Waals surface area contributed by atoms with Crippen molar-refractivity contribution in [3.63, 3.8) is 0 Å². The van der Waals surface area contributed by atoms with Gasteiger partial charge in [-0.15, -0.1) is 0 Å². The van der Waals surface area contributed by atoms with Crippen molar-refractivity contribution in [3.05, 3.63) is 47.3 Å². The molecule has 1 heterocycles. The summed E-state index contributed by atoms with van der Waals surface area (Å²) in [6, 6.07) is 8.15. The minimum Gasteiger partial charge on any atom is -0.492 e. The highest BCUT2D eigenvalue weighted by Gasteiger charge is 2.39. The summed E-state index contributed by atoms with van der Waals surface area (Å²) in [5.74, 6) is -3.02. The van der Waals surface area contributed by atoms with Gasteiger partial charge in [-0.25, -0.2) is 14.0 Å². The van der Waals surface area contributed by atoms with Gasteiger partial charge in [-0.05, 0) is 18.6 Å². The number of ether oxygens (including phenoxy) is 3. The number of esters is 2. The molecule has 0 aliphatic carbocycles. The summed E-state index contributed by atoms with van der Waals surface area (Å²) in [6.45, 7) is 5.40. The number of unbranched alkanes of at least 4 members (excludes halogenated alkanes) is 1. The number of fused-ring (bicyclic) bond motifs is 1. The molecular weight excluding hydrogens is 351 g/mol. The average Bonchev–Trinajstić information content (AvgIpc) is 2.60. The van der Waals surface area contributed by atoms with Crippen molar-refractivity contribution in [2.75, 3.05) is 6.61 Å². The summed E-state index contributed by atoms with van der Waals surface area (Å²) in [4.78, 5) is 24.4. The molecule has 0 saturated carbocycles. The Labute approximate surface area is 156 Å². The monoisotopic (exact) mass is 372 g/mol. The minimum absolute atomic E-state index is 0.283. The van der Waals surface area contributed by atoms with Crippen LogP contribution in [0.15, 0.2) is 35.9 Å². The van der Waals surface area contributed by atoms with Crippen LogP contribution in [0, 0.1) is 5.82 Å². The third kappa shape index (κ3) is 3.94. The second-order valence-corrected chi connectivity index (χ2v) is 6.76. The summed E-state index contributed by atoms with van der Waals surface area (Å²) < 4.78 is 30.7. The Morgan fingerprint density at radius 2 is 1.74 bits per heavy atom. The smallest absolute Gasteiger partial charge is 0.348 e. The van der Waals surface area contributed by atoms with Crippen molar-refractivity contribution in [2.24, 2.45) is 0 Å². The predicted octanol–water partition coefficient (Wildman–Crippen LogP) is 4.38. The Kier molecular flexibility index (Phi) is 5.17. The Balaban J connectivity index is 2.11. The van der Waals surface area contributed by atoms with Crippen molar-refractivity contribution in [2.45, 2.75) is 39.4 Å². The molecule has 0 radical (unpaired) electrons. The normalized spacial score (nSPS) is 16.1. The molecule has 1 fully saturated rings. The molecule has 3 rings (SSSR count). The van der Waals surface area contributed by atoms with Gasteiger partial charge >= 0.3 is 11.9 Å². The molecule has 142 valence electrons. The molecule has 1 saturated heterocycles. The molecule has 1 aliphatic rings. The molecule has 0 spiro atoms. The van der Waals surface area contributed by atoms with Gasteiger partial charge in [0.1, 0.15) is 17.1 Å². The Bertz CT molecular complexity index is 908. The van der Waals surface area contributed by atoms with E-state index in [2.05, 4.69) is 0 Å². The fourth-order valence-corrected chi connectivity index (χ4v) is 2.85. The maximum atomic E-state index is 14.6. The lowest BCUT2D eigenvalue weighted by molar-refractivity contribution is -0.222. The van der Waals surface area contributed by atoms with Gasteiger partial charge in [-0.2, -0.15) is 0 Å². The number of halogens is 1. The van der Waals surface area contributed by atoms with Crippen LogP contribution < -0.4 is 4.74 Å². The first-order chi connectivity index (χ1) is 12.8. The topological polar surface area (TPSA) is 61.8 Å². The van der Waals surface area contributed by atoms with E-state index < -0.39 is 23.5 Å². The number of hydrogen-bond donors (Lipinski definition) is 0. The van der Waals surface area contributed by atoms with E-state index in [9.17, 15) is 14.0 Å². The van der Waals surface area contributed by atoms with Crippen LogP contribution >= 0.6 is 0 Å². The van der Waals surface area contributed by atoms with Gasteiger partial charge in [0.05, 0.1) is 6.61 Å². The van der Waals surface area contributed by atoms with Crippen molar-refractivity contribution in [1.29, 1.82) is 0 Å². The molecule has 2 aromatic carbocycles. The van der Waals surface area contributed by atoms with Crippen LogP contribution in [0.3, 0.4) is 0 Å². The zero-order chi connectivity index (χ0) is 19.6. The maximum Gasteiger partial charge on any atom is 0.348 e. The molecule has 0 unspecified atom stereocenters. The van der Waals surface area contributed by atoms with Gasteiger partial charge in [0.2, 0.25) is 0 Å². The van der Waals surface area contributed by atoms with Crippen molar-refractivity contribution in [3.8, 4) is 5.75 Å². The highest BCUT2D eigenvalue weighted by Crippen LogP contribution is 2.35. The Morgan fingerprint density at radius 3 is 2.37 bits per heavy atom. The van der Waals surface area contributed by atoms with Gasteiger partial charge in [-0.3, -0.25) is 0 Å². The highest BCUT2D eigenvalue weighted by atomic mass is 19.1. The number of hydrogen-bond acceptors (Lipinski definition) is 5. The van der Waals surface area contributed by atoms with Crippen LogP contribution in [-0.2, 0) is 19.1 Å². The van der Waals surface area contributed by atoms with Gasteiger partial charge in [-0.1, -0.05) is 37.6 Å². The molecule has 5 nitrogen and oxygen atoms in total. The molecule has 27 heavy (non-hydrogen) atoms. The van der Waals surface area contributed by atoms with E-state index in [0.717, 1.165) is 12.8 Å². The zero-order valence-electron chi connectivity index (χ0n) is 15.5. The first-order valence-electron chi connectivity index (χ1n) is 8.85. The number of cyclic esters (lactones) is 2. The Hall–Kier alpha value is -2.89. The van der Waals surface area contributed by atoms with Gasteiger partial charge in [0.25, 0.3) is 5.79 Å². The first-order valence-corrected chi connectivity index (χ1v) is 8.85. The maximum absolute atomic E-state index is 14.6. The number of carbonyl (C=O) groups excluding carboxylic acids is 2. The van der Waals surface area contributed by atoms with Crippen molar-refractivity contribution >= 4 is 28.8 Å². The first kappa shape index (κ1) is 18.9. The van der Waals surface area contributed by atoms with Crippen LogP contribution in [-0.4, -0.2) is 24.3 Å². The molecule has 0 bridgehead atoms. The minimum atomic E-state index is -1.33. The zero-order valence-corrected chi connectivity index (χ0v) is 15.5. The SMILES string of the molecule is CCCCOc1c(C=C2C(=O)OC(C)(C)OC2=O)cc(F)c2ccccc12. The lowest BCUT2D eigenvalue weighted by atomic mass is 10.0. The summed E-state index contributed by atoms with van der Waals surface area (Å²) in [5, 5.41) is 0.972. The van der Waals surface area contributed by atoms with E-state index in [-0.39, 0.29) is 11.1 Å². The molecule has 6 heteroatoms. The molecule has 1 aliphatic heterocycles. The van der Waals surface area contributed by atoms with E-state index in [0.29, 0.717) is 23.1 Å². The van der Waals surface area contributed by atoms with E-state index in [1.54, 1.807) is 24.3 Å². The Morgan fingerprint density at radius 1 is 1.11 bits per heavy atom. The molecule has 0 amide bonds. The van der Waals surface area contributed by atoms with Crippen LogP contribution in [0.5, 0.6) is 5.75 Å². The van der Waals surface area contributed by atoms with Crippen LogP contribution in [0.1, 0.15) is 39.2 Å². The van der Waals surface area contributed by atoms with Gasteiger partial charge < -0.3 is 14.2 Å². The van der Waals surface area contributed by atoms with Gasteiger partial charge in [0, 0.05) is 30.2 Å². The lowest BCUT2D eigenvalue weighted by Gasteiger charge is -2.29. The summed E-state index contributed by atoms with van der Waals surface area (Å²) >= 11 is 0. The second-order valence-electron chi connectivity index (χ2n) is 6.76. The van der Waals surface area contributed by atoms with E-state index in [1.807, 2.05) is 6.92 Å². The molecule has 0 atom stereocenters. The molecule has 2 aromatic rings. The molecule has 0 N–H and O–H groups in total. The van der Waals surface area contributed by atoms with Gasteiger partial charge in [0.15, 0.2) is 0 Å². The number of carbonyl (C=O) groups is 2. The molecular formula is C21H21FO5. The van der Waals surface area contributed by atoms with Crippen molar-refractivity contribution in [1.82, 2.24) is 0 Å². The second kappa shape index (κ2) is 7.39. The van der Waals surface area contributed by atoms with Crippen LogP contribution in [0.4, 0.5) is 4.39 Å². The predicted molar refractivity (Wildman–Crippen MR) is 98.5 cm³/mol. The standard InChI is InChI=1S/C21H21FO5/c1-4-5-10-25-18-13(12-17(22)14-8-6-7-9-15(14)18)11-16-19(23)26-21(2,3)27-20(16)24/h6-9,11-12H,4-5,10H2,1-3H3. The fourth-order valence-electron chi connectivity index (χ4n) is 2.85. The fraction of sp³-hybridized carbons (Fsp3) is 0.333. The number of rotatable bonds is 5. The third-order valence-electron chi connectivity index (χ3n) is 4.13. The van der Waals surface area contributed by atoms with Crippen LogP contribution in [0.25, 0.3) is 16.8 Å². The largest absolute Gasteiger partial charge is 0.492 e. The molecule has 0 aromatic heterocycles. The average molecular weight is 372 g/mol. The van der Waals surface area contributed by atoms with Crippen molar-refractivity contribution < 1.29 is 28.2 Å². The number of benzene rings is 2. The quantitative estimate of drug-likeness (QED) is 0.337. The third-order valence-corrected chi connectivity index (χ3v) is 4.13. The van der Waals surface area contributed by atoms with E-state index in [4.69, 9.17) is 14.2 Å². The summed E-state index contributed by atoms with van der Waals surface area (Å²) in [7, 11) is 0. The van der Waals surface area contributed by atoms with E-state index in [1.165, 1.54) is 26.0 Å². The lowest BCUT2D eigenvalue weighted by Crippen LogP contribution is -2.41. The summed E-state index contributed by atoms with van der Waals surface area (Å²) in [6.07, 6.45) is 3.01. The van der Waals surface area contributed by atoms with E-state index >= 15 is 0 Å². The van der Waals surface area contributed by atoms with Crippen LogP contribution in [0.2, 0.25) is 0 Å².